The first-order chi connectivity index (χ1) is 8.70. The van der Waals surface area contributed by atoms with Crippen molar-refractivity contribution < 1.29 is 9.90 Å². The molecule has 0 aromatic rings. The van der Waals surface area contributed by atoms with Crippen LogP contribution in [0.2, 0.25) is 0 Å². The predicted molar refractivity (Wildman–Crippen MR) is 75.6 cm³/mol. The van der Waals surface area contributed by atoms with E-state index in [2.05, 4.69) is 6.08 Å². The predicted octanol–water partition coefficient (Wildman–Crippen LogP) is 4.86. The molecule has 0 heterocycles. The summed E-state index contributed by atoms with van der Waals surface area (Å²) in [6.45, 7) is 1.68. The minimum Gasteiger partial charge on any atom is -0.478 e. The monoisotopic (exact) mass is 250 g/mol. The number of carboxylic acid groups (broad SMARTS) is 1. The lowest BCUT2D eigenvalue weighted by Gasteiger charge is -2.07. The molecule has 0 aliphatic heterocycles. The Bertz CT molecular complexity index is 313. The van der Waals surface area contributed by atoms with Gasteiger partial charge in [0, 0.05) is 5.57 Å². The van der Waals surface area contributed by atoms with Crippen LogP contribution < -0.4 is 0 Å². The van der Waals surface area contributed by atoms with Gasteiger partial charge in [0.15, 0.2) is 0 Å². The lowest BCUT2D eigenvalue weighted by Crippen LogP contribution is -1.97. The van der Waals surface area contributed by atoms with Gasteiger partial charge in [0.1, 0.15) is 0 Å². The van der Waals surface area contributed by atoms with Gasteiger partial charge in [0.2, 0.25) is 0 Å². The second-order valence-electron chi connectivity index (χ2n) is 5.28. The Balaban J connectivity index is 2.59. The maximum Gasteiger partial charge on any atom is 0.331 e. The maximum absolute atomic E-state index is 10.9. The zero-order valence-electron chi connectivity index (χ0n) is 11.6. The average Bonchev–Trinajstić information content (AvgIpc) is 2.32. The third-order valence-electron chi connectivity index (χ3n) is 3.57. The van der Waals surface area contributed by atoms with Gasteiger partial charge in [-0.15, -0.1) is 0 Å². The number of rotatable bonds is 2. The molecule has 2 nitrogen and oxygen atoms in total. The first-order valence-corrected chi connectivity index (χ1v) is 7.31. The lowest BCUT2D eigenvalue weighted by molar-refractivity contribution is -0.132. The molecule has 0 spiro atoms. The summed E-state index contributed by atoms with van der Waals surface area (Å²) in [7, 11) is 0. The second kappa shape index (κ2) is 8.96. The molecule has 0 atom stereocenters. The number of carboxylic acids is 1. The molecule has 1 rings (SSSR count). The summed E-state index contributed by atoms with van der Waals surface area (Å²) in [6.07, 6.45) is 16.7. The van der Waals surface area contributed by atoms with Crippen LogP contribution in [0.1, 0.15) is 71.1 Å². The van der Waals surface area contributed by atoms with Gasteiger partial charge in [-0.05, 0) is 38.7 Å². The Labute approximate surface area is 111 Å². The summed E-state index contributed by atoms with van der Waals surface area (Å²) in [5.74, 6) is -0.804. The van der Waals surface area contributed by atoms with Crippen molar-refractivity contribution in [1.29, 1.82) is 0 Å². The topological polar surface area (TPSA) is 37.3 Å². The van der Waals surface area contributed by atoms with Crippen molar-refractivity contribution >= 4 is 5.97 Å². The van der Waals surface area contributed by atoms with Crippen molar-refractivity contribution in [3.05, 3.63) is 23.3 Å². The van der Waals surface area contributed by atoms with Gasteiger partial charge < -0.3 is 5.11 Å². The van der Waals surface area contributed by atoms with Gasteiger partial charge in [-0.1, -0.05) is 50.2 Å². The summed E-state index contributed by atoms with van der Waals surface area (Å²) in [6, 6.07) is 0. The smallest absolute Gasteiger partial charge is 0.331 e. The normalized spacial score (nSPS) is 23.4. The zero-order chi connectivity index (χ0) is 13.2. The molecule has 18 heavy (non-hydrogen) atoms. The van der Waals surface area contributed by atoms with Gasteiger partial charge in [0.25, 0.3) is 0 Å². The number of allylic oxidation sites excluding steroid dienone is 3. The molecule has 1 aliphatic carbocycles. The van der Waals surface area contributed by atoms with E-state index in [0.29, 0.717) is 5.57 Å². The minimum absolute atomic E-state index is 0.452. The minimum atomic E-state index is -0.804. The van der Waals surface area contributed by atoms with Crippen LogP contribution in [0.15, 0.2) is 23.3 Å². The first-order valence-electron chi connectivity index (χ1n) is 7.31. The van der Waals surface area contributed by atoms with Crippen molar-refractivity contribution in [2.45, 2.75) is 71.1 Å². The zero-order valence-corrected chi connectivity index (χ0v) is 11.6. The van der Waals surface area contributed by atoms with E-state index < -0.39 is 5.97 Å². The van der Waals surface area contributed by atoms with E-state index >= 15 is 0 Å². The van der Waals surface area contributed by atoms with Crippen molar-refractivity contribution in [3.8, 4) is 0 Å². The van der Waals surface area contributed by atoms with Crippen molar-refractivity contribution in [2.24, 2.45) is 0 Å². The van der Waals surface area contributed by atoms with Crippen molar-refractivity contribution in [3.63, 3.8) is 0 Å². The molecular weight excluding hydrogens is 224 g/mol. The number of hydrogen-bond acceptors (Lipinski definition) is 1. The van der Waals surface area contributed by atoms with Gasteiger partial charge in [-0.25, -0.2) is 4.79 Å². The van der Waals surface area contributed by atoms with Crippen LogP contribution in [-0.4, -0.2) is 11.1 Å². The van der Waals surface area contributed by atoms with Crippen LogP contribution in [0.25, 0.3) is 0 Å². The average molecular weight is 250 g/mol. The SMILES string of the molecule is CC(=C/C1=C/CCCCCCCCCC1)C(=O)O. The van der Waals surface area contributed by atoms with Gasteiger partial charge in [0.05, 0.1) is 0 Å². The van der Waals surface area contributed by atoms with Crippen molar-refractivity contribution in [2.75, 3.05) is 0 Å². The number of hydrogen-bond donors (Lipinski definition) is 1. The van der Waals surface area contributed by atoms with Crippen LogP contribution in [0.5, 0.6) is 0 Å². The van der Waals surface area contributed by atoms with Crippen LogP contribution in [0.4, 0.5) is 0 Å². The fourth-order valence-electron chi connectivity index (χ4n) is 2.39. The van der Waals surface area contributed by atoms with E-state index in [-0.39, 0.29) is 0 Å². The van der Waals surface area contributed by atoms with E-state index in [1.165, 1.54) is 56.9 Å². The van der Waals surface area contributed by atoms with E-state index in [9.17, 15) is 4.79 Å². The molecule has 2 heteroatoms. The Morgan fingerprint density at radius 2 is 1.61 bits per heavy atom. The van der Waals surface area contributed by atoms with Crippen molar-refractivity contribution in [1.82, 2.24) is 0 Å². The molecule has 0 aromatic carbocycles. The Morgan fingerprint density at radius 3 is 2.22 bits per heavy atom. The quantitative estimate of drug-likeness (QED) is 0.711. The molecule has 0 aromatic heterocycles. The Kier molecular flexibility index (Phi) is 7.47. The number of carbonyl (C=O) groups is 1. The fourth-order valence-corrected chi connectivity index (χ4v) is 2.39. The summed E-state index contributed by atoms with van der Waals surface area (Å²) in [5, 5.41) is 8.93. The Morgan fingerprint density at radius 1 is 1.06 bits per heavy atom. The van der Waals surface area contributed by atoms with Crippen LogP contribution in [0.3, 0.4) is 0 Å². The van der Waals surface area contributed by atoms with E-state index in [4.69, 9.17) is 5.11 Å². The summed E-state index contributed by atoms with van der Waals surface area (Å²) >= 11 is 0. The lowest BCUT2D eigenvalue weighted by atomic mass is 9.99. The highest BCUT2D eigenvalue weighted by Crippen LogP contribution is 2.18. The largest absolute Gasteiger partial charge is 0.478 e. The van der Waals surface area contributed by atoms with E-state index in [1.807, 2.05) is 6.08 Å². The molecule has 0 amide bonds. The molecule has 1 aliphatic rings. The highest BCUT2D eigenvalue weighted by Gasteiger charge is 2.03. The molecule has 1 N–H and O–H groups in total. The second-order valence-corrected chi connectivity index (χ2v) is 5.28. The highest BCUT2D eigenvalue weighted by molar-refractivity contribution is 5.86. The highest BCUT2D eigenvalue weighted by atomic mass is 16.4. The third-order valence-corrected chi connectivity index (χ3v) is 3.57. The van der Waals surface area contributed by atoms with Crippen LogP contribution in [-0.2, 0) is 4.79 Å². The van der Waals surface area contributed by atoms with Gasteiger partial charge in [-0.3, -0.25) is 0 Å². The van der Waals surface area contributed by atoms with Crippen LogP contribution in [0, 0.1) is 0 Å². The van der Waals surface area contributed by atoms with E-state index in [0.717, 1.165) is 12.8 Å². The molecule has 0 unspecified atom stereocenters. The molecule has 0 saturated heterocycles. The summed E-state index contributed by atoms with van der Waals surface area (Å²) < 4.78 is 0. The maximum atomic E-state index is 10.9. The molecule has 0 fully saturated rings. The molecule has 0 bridgehead atoms. The fraction of sp³-hybridized carbons (Fsp3) is 0.688. The van der Waals surface area contributed by atoms with E-state index in [1.54, 1.807) is 6.92 Å². The van der Waals surface area contributed by atoms with Crippen LogP contribution >= 0.6 is 0 Å². The molecule has 102 valence electrons. The summed E-state index contributed by atoms with van der Waals surface area (Å²) in [4.78, 5) is 10.9. The van der Waals surface area contributed by atoms with Gasteiger partial charge >= 0.3 is 5.97 Å². The molecule has 0 radical (unpaired) electrons. The molecular formula is C16H26O2. The molecule has 0 saturated carbocycles. The standard InChI is InChI=1S/C16H26O2/c1-14(16(17)18)13-15-11-9-7-5-3-2-4-6-8-10-12-15/h11,13H,2-10,12H2,1H3,(H,17,18)/b14-13?,15-11+. The Hall–Kier alpha value is -1.05. The summed E-state index contributed by atoms with van der Waals surface area (Å²) in [5.41, 5.74) is 1.67. The number of aliphatic carboxylic acids is 1. The third kappa shape index (κ3) is 6.63. The van der Waals surface area contributed by atoms with Gasteiger partial charge in [-0.2, -0.15) is 0 Å². The first kappa shape index (κ1) is 15.0.